The Labute approximate surface area is 142 Å². The van der Waals surface area contributed by atoms with E-state index in [1.54, 1.807) is 12.4 Å². The van der Waals surface area contributed by atoms with E-state index in [-0.39, 0.29) is 0 Å². The van der Waals surface area contributed by atoms with Crippen LogP contribution in [0.4, 0.5) is 23.3 Å². The third kappa shape index (κ3) is 3.06. The fraction of sp³-hybridized carbons (Fsp3) is 0.471. The maximum absolute atomic E-state index is 6.13. The van der Waals surface area contributed by atoms with Crippen molar-refractivity contribution in [2.75, 3.05) is 59.7 Å². The molecule has 2 aliphatic heterocycles. The highest BCUT2D eigenvalue weighted by Gasteiger charge is 2.21. The van der Waals surface area contributed by atoms with E-state index in [4.69, 9.17) is 10.7 Å². The minimum absolute atomic E-state index is 0.788. The number of piperazine rings is 1. The van der Waals surface area contributed by atoms with Gasteiger partial charge in [0.25, 0.3) is 0 Å². The second kappa shape index (κ2) is 6.51. The molecule has 2 saturated heterocycles. The summed E-state index contributed by atoms with van der Waals surface area (Å²) >= 11 is 0. The summed E-state index contributed by atoms with van der Waals surface area (Å²) in [6.07, 6.45) is 6.05. The Morgan fingerprint density at radius 2 is 1.29 bits per heavy atom. The van der Waals surface area contributed by atoms with Crippen molar-refractivity contribution in [1.82, 2.24) is 15.0 Å². The first kappa shape index (κ1) is 15.0. The number of hydrogen-bond donors (Lipinski definition) is 1. The molecule has 0 bridgehead atoms. The second-order valence-electron chi connectivity index (χ2n) is 6.33. The van der Waals surface area contributed by atoms with Gasteiger partial charge in [0, 0.05) is 69.5 Å². The van der Waals surface area contributed by atoms with Gasteiger partial charge in [0.1, 0.15) is 11.6 Å². The van der Waals surface area contributed by atoms with Gasteiger partial charge in [0.2, 0.25) is 5.95 Å². The summed E-state index contributed by atoms with van der Waals surface area (Å²) in [6, 6.07) is 5.81. The summed E-state index contributed by atoms with van der Waals surface area (Å²) in [4.78, 5) is 20.4. The molecule has 0 spiro atoms. The first-order valence-corrected chi connectivity index (χ1v) is 8.59. The highest BCUT2D eigenvalue weighted by Crippen LogP contribution is 2.26. The van der Waals surface area contributed by atoms with Gasteiger partial charge in [0.05, 0.1) is 0 Å². The summed E-state index contributed by atoms with van der Waals surface area (Å²) in [5, 5.41) is 0. The highest BCUT2D eigenvalue weighted by molar-refractivity contribution is 5.60. The molecule has 0 saturated carbocycles. The maximum Gasteiger partial charge on any atom is 0.225 e. The molecule has 0 amide bonds. The summed E-state index contributed by atoms with van der Waals surface area (Å²) in [5.74, 6) is 2.79. The van der Waals surface area contributed by atoms with Crippen molar-refractivity contribution in [1.29, 1.82) is 0 Å². The summed E-state index contributed by atoms with van der Waals surface area (Å²) in [6.45, 7) is 5.73. The van der Waals surface area contributed by atoms with Crippen molar-refractivity contribution < 1.29 is 0 Å². The fourth-order valence-corrected chi connectivity index (χ4v) is 3.38. The van der Waals surface area contributed by atoms with E-state index >= 15 is 0 Å². The van der Waals surface area contributed by atoms with Crippen LogP contribution in [0.5, 0.6) is 0 Å². The number of nitrogen functional groups attached to an aromatic ring is 1. The van der Waals surface area contributed by atoms with Crippen molar-refractivity contribution in [3.63, 3.8) is 0 Å². The number of nitrogens with zero attached hydrogens (tertiary/aromatic N) is 6. The van der Waals surface area contributed by atoms with Crippen LogP contribution < -0.4 is 20.4 Å². The molecule has 2 fully saturated rings. The average molecular weight is 325 g/mol. The van der Waals surface area contributed by atoms with Gasteiger partial charge in [-0.05, 0) is 18.9 Å². The van der Waals surface area contributed by atoms with Crippen molar-refractivity contribution in [2.24, 2.45) is 0 Å². The van der Waals surface area contributed by atoms with Gasteiger partial charge in [-0.2, -0.15) is 0 Å². The lowest BCUT2D eigenvalue weighted by molar-refractivity contribution is 0.634. The first-order valence-electron chi connectivity index (χ1n) is 8.59. The van der Waals surface area contributed by atoms with Gasteiger partial charge in [-0.15, -0.1) is 0 Å². The number of anilines is 4. The molecule has 0 aliphatic carbocycles. The van der Waals surface area contributed by atoms with Gasteiger partial charge in [-0.25, -0.2) is 15.0 Å². The molecule has 126 valence electrons. The smallest absolute Gasteiger partial charge is 0.225 e. The van der Waals surface area contributed by atoms with Crippen LogP contribution in [0, 0.1) is 0 Å². The zero-order valence-electron chi connectivity index (χ0n) is 13.8. The van der Waals surface area contributed by atoms with Gasteiger partial charge in [-0.3, -0.25) is 0 Å². The van der Waals surface area contributed by atoms with E-state index in [0.29, 0.717) is 0 Å². The lowest BCUT2D eigenvalue weighted by Gasteiger charge is -2.35. The monoisotopic (exact) mass is 325 g/mol. The van der Waals surface area contributed by atoms with E-state index in [1.807, 2.05) is 18.2 Å². The molecule has 7 nitrogen and oxygen atoms in total. The van der Waals surface area contributed by atoms with Crippen molar-refractivity contribution >= 4 is 23.3 Å². The number of aromatic nitrogens is 3. The highest BCUT2D eigenvalue weighted by atomic mass is 15.3. The van der Waals surface area contributed by atoms with Crippen molar-refractivity contribution in [2.45, 2.75) is 12.8 Å². The zero-order valence-corrected chi connectivity index (χ0v) is 13.8. The van der Waals surface area contributed by atoms with Gasteiger partial charge >= 0.3 is 0 Å². The van der Waals surface area contributed by atoms with Crippen LogP contribution in [0.1, 0.15) is 12.8 Å². The topological polar surface area (TPSA) is 74.4 Å². The molecule has 0 unspecified atom stereocenters. The zero-order chi connectivity index (χ0) is 16.4. The van der Waals surface area contributed by atoms with Crippen molar-refractivity contribution in [3.05, 3.63) is 30.6 Å². The Bertz CT molecular complexity index is 677. The molecule has 4 heterocycles. The molecule has 2 aromatic heterocycles. The van der Waals surface area contributed by atoms with Crippen LogP contribution in [0.3, 0.4) is 0 Å². The van der Waals surface area contributed by atoms with Crippen LogP contribution in [0.25, 0.3) is 0 Å². The lowest BCUT2D eigenvalue weighted by atomic mass is 10.3. The average Bonchev–Trinajstić information content (AvgIpc) is 3.17. The number of pyridine rings is 1. The number of hydrogen-bond acceptors (Lipinski definition) is 7. The Hall–Kier alpha value is -2.57. The Balaban J connectivity index is 1.47. The lowest BCUT2D eigenvalue weighted by Crippen LogP contribution is -2.47. The predicted octanol–water partition coefficient (Wildman–Crippen LogP) is 1.38. The third-order valence-electron chi connectivity index (χ3n) is 4.69. The first-order chi connectivity index (χ1) is 11.8. The largest absolute Gasteiger partial charge is 0.399 e. The molecule has 7 heteroatoms. The fourth-order valence-electron chi connectivity index (χ4n) is 3.38. The van der Waals surface area contributed by atoms with Crippen LogP contribution in [-0.2, 0) is 0 Å². The van der Waals surface area contributed by atoms with E-state index in [2.05, 4.69) is 24.7 Å². The van der Waals surface area contributed by atoms with Gasteiger partial charge in [0.15, 0.2) is 0 Å². The van der Waals surface area contributed by atoms with Crippen LogP contribution in [-0.4, -0.2) is 54.2 Å². The summed E-state index contributed by atoms with van der Waals surface area (Å²) < 4.78 is 0. The van der Waals surface area contributed by atoms with E-state index in [0.717, 1.165) is 62.5 Å². The minimum atomic E-state index is 0.788. The molecular weight excluding hydrogens is 302 g/mol. The summed E-state index contributed by atoms with van der Waals surface area (Å²) in [5.41, 5.74) is 6.92. The van der Waals surface area contributed by atoms with Crippen LogP contribution >= 0.6 is 0 Å². The molecule has 0 aromatic carbocycles. The maximum atomic E-state index is 6.13. The molecular formula is C17H23N7. The predicted molar refractivity (Wildman–Crippen MR) is 96.6 cm³/mol. The Morgan fingerprint density at radius 3 is 1.92 bits per heavy atom. The molecule has 4 rings (SSSR count). The van der Waals surface area contributed by atoms with E-state index in [9.17, 15) is 0 Å². The Morgan fingerprint density at radius 1 is 0.750 bits per heavy atom. The SMILES string of the molecule is Nc1cc(N2CCCC2)nc(N2CCN(c3ncccn3)CC2)c1. The van der Waals surface area contributed by atoms with Gasteiger partial charge in [-0.1, -0.05) is 0 Å². The minimum Gasteiger partial charge on any atom is -0.399 e. The van der Waals surface area contributed by atoms with E-state index < -0.39 is 0 Å². The number of rotatable bonds is 3. The normalized spacial score (nSPS) is 18.2. The Kier molecular flexibility index (Phi) is 4.06. The van der Waals surface area contributed by atoms with E-state index in [1.165, 1.54) is 12.8 Å². The molecule has 2 aliphatic rings. The quantitative estimate of drug-likeness (QED) is 0.914. The second-order valence-corrected chi connectivity index (χ2v) is 6.33. The molecule has 2 aromatic rings. The molecule has 0 atom stereocenters. The van der Waals surface area contributed by atoms with Crippen molar-refractivity contribution in [3.8, 4) is 0 Å². The summed E-state index contributed by atoms with van der Waals surface area (Å²) in [7, 11) is 0. The van der Waals surface area contributed by atoms with Crippen LogP contribution in [0.2, 0.25) is 0 Å². The molecule has 0 radical (unpaired) electrons. The standard InChI is InChI=1S/C17H23N7/c18-14-12-15(22-6-1-2-7-22)21-16(13-14)23-8-10-24(11-9-23)17-19-4-3-5-20-17/h3-5,12-13H,1-2,6-11H2,(H2,18,21). The molecule has 2 N–H and O–H groups in total. The molecule has 24 heavy (non-hydrogen) atoms. The van der Waals surface area contributed by atoms with Crippen LogP contribution in [0.15, 0.2) is 30.6 Å². The van der Waals surface area contributed by atoms with Gasteiger partial charge < -0.3 is 20.4 Å². The number of nitrogens with two attached hydrogens (primary N) is 1. The third-order valence-corrected chi connectivity index (χ3v) is 4.69.